The van der Waals surface area contributed by atoms with Gasteiger partial charge in [-0.05, 0) is 71.4 Å². The number of benzene rings is 3. The maximum absolute atomic E-state index is 6.61. The summed E-state index contributed by atoms with van der Waals surface area (Å²) in [6.45, 7) is 0. The first-order chi connectivity index (χ1) is 14.3. The van der Waals surface area contributed by atoms with Gasteiger partial charge in [-0.2, -0.15) is 0 Å². The average Bonchev–Trinajstić information content (AvgIpc) is 2.67. The maximum Gasteiger partial charge on any atom is 0.342 e. The Hall–Kier alpha value is 1.59. The molecule has 0 aromatic heterocycles. The van der Waals surface area contributed by atoms with E-state index >= 15 is 0 Å². The molecule has 0 aliphatic carbocycles. The van der Waals surface area contributed by atoms with Crippen LogP contribution in [0.2, 0.25) is 0 Å². The number of rotatable bonds is 6. The predicted molar refractivity (Wildman–Crippen MR) is 175 cm³/mol. The van der Waals surface area contributed by atoms with Crippen LogP contribution in [0.15, 0.2) is 77.7 Å². The van der Waals surface area contributed by atoms with Crippen LogP contribution in [0.3, 0.4) is 0 Å². The van der Waals surface area contributed by atoms with E-state index in [4.69, 9.17) is 43.9 Å². The predicted octanol–water partition coefficient (Wildman–Crippen LogP) is 9.05. The van der Waals surface area contributed by atoms with Crippen LogP contribution in [-0.4, -0.2) is 19.1 Å². The quantitative estimate of drug-likeness (QED) is 0.136. The van der Waals surface area contributed by atoms with Gasteiger partial charge < -0.3 is 4.90 Å². The molecular formula is C20H18Cl4I3NSSi2. The Bertz CT molecular complexity index is 896. The first-order valence-corrected chi connectivity index (χ1v) is 28.6. The molecule has 0 aliphatic heterocycles. The highest BCUT2D eigenvalue weighted by atomic mass is 127. The molecule has 166 valence electrons. The minimum absolute atomic E-state index is 0.978. The van der Waals surface area contributed by atoms with Crippen LogP contribution in [0.25, 0.3) is 0 Å². The maximum atomic E-state index is 6.61. The SMILES string of the molecule is CS(C)(Cl)c1ccc(N(c2ccc([Si](Cl)(Cl)I)cc2)c2ccc([Si](Cl)(I)I)cc2)cc1. The lowest BCUT2D eigenvalue weighted by atomic mass is 10.2. The highest BCUT2D eigenvalue weighted by Crippen LogP contribution is 2.54. The van der Waals surface area contributed by atoms with Crippen LogP contribution in [0.1, 0.15) is 0 Å². The van der Waals surface area contributed by atoms with Crippen molar-refractivity contribution in [1.29, 1.82) is 0 Å². The largest absolute Gasteiger partial charge is 0.342 e. The number of halogens is 7. The number of nitrogens with zero attached hydrogens (tertiary/aromatic N) is 1. The second-order valence-corrected chi connectivity index (χ2v) is 49.5. The average molecular weight is 883 g/mol. The fourth-order valence-corrected chi connectivity index (χ4v) is 9.52. The second-order valence-electron chi connectivity index (χ2n) is 7.12. The summed E-state index contributed by atoms with van der Waals surface area (Å²) in [4.78, 5) is 3.37. The molecule has 31 heavy (non-hydrogen) atoms. The van der Waals surface area contributed by atoms with Crippen molar-refractivity contribution in [2.45, 2.75) is 4.90 Å². The van der Waals surface area contributed by atoms with E-state index in [-0.39, 0.29) is 0 Å². The summed E-state index contributed by atoms with van der Waals surface area (Å²) in [6.07, 6.45) is 4.15. The molecule has 0 saturated carbocycles. The molecule has 0 fully saturated rings. The summed E-state index contributed by atoms with van der Waals surface area (Å²) >= 11 is 26.3. The van der Waals surface area contributed by atoms with Gasteiger partial charge in [-0.25, -0.2) is 0 Å². The van der Waals surface area contributed by atoms with E-state index in [0.717, 1.165) is 27.1 Å². The van der Waals surface area contributed by atoms with E-state index in [9.17, 15) is 0 Å². The highest BCUT2D eigenvalue weighted by Gasteiger charge is 2.28. The summed E-state index contributed by atoms with van der Waals surface area (Å²) in [5.41, 5.74) is 3.14. The third-order valence-electron chi connectivity index (χ3n) is 4.56. The standard InChI is InChI=1S/C20H18Cl4I3NSSi2/c1-29(2,21)18-9-3-15(4-10-18)28(16-5-11-19(12-6-16)30(22,23)25)17-7-13-20(14-8-17)31(24,26)27/h3-14H,1-2H3. The summed E-state index contributed by atoms with van der Waals surface area (Å²) in [6, 6.07) is 25.1. The van der Waals surface area contributed by atoms with Gasteiger partial charge in [0.15, 0.2) is 0 Å². The zero-order valence-corrected chi connectivity index (χ0v) is 28.7. The Kier molecular flexibility index (Phi) is 9.38. The molecule has 0 heterocycles. The number of anilines is 3. The number of hydrogen-bond acceptors (Lipinski definition) is 1. The van der Waals surface area contributed by atoms with Gasteiger partial charge in [0.25, 0.3) is 0 Å². The molecule has 11 heteroatoms. The first kappa shape index (κ1) is 27.2. The lowest BCUT2D eigenvalue weighted by molar-refractivity contribution is 1.27. The number of hydrogen-bond donors (Lipinski definition) is 0. The van der Waals surface area contributed by atoms with Crippen LogP contribution < -0.4 is 15.3 Å². The van der Waals surface area contributed by atoms with Crippen molar-refractivity contribution in [3.63, 3.8) is 0 Å². The van der Waals surface area contributed by atoms with Gasteiger partial charge in [-0.3, -0.25) is 0 Å². The van der Waals surface area contributed by atoms with E-state index in [0.29, 0.717) is 0 Å². The summed E-state index contributed by atoms with van der Waals surface area (Å²) in [5, 5.41) is 2.16. The molecule has 0 aliphatic rings. The molecule has 3 rings (SSSR count). The highest BCUT2D eigenvalue weighted by molar-refractivity contribution is 14.3. The van der Waals surface area contributed by atoms with Gasteiger partial charge >= 0.3 is 6.57 Å². The summed E-state index contributed by atoms with van der Waals surface area (Å²) in [7, 11) is 5.28. The third kappa shape index (κ3) is 7.29. The van der Waals surface area contributed by atoms with E-state index in [1.165, 1.54) is 5.19 Å². The fourth-order valence-electron chi connectivity index (χ4n) is 2.96. The molecular weight excluding hydrogens is 865 g/mol. The van der Waals surface area contributed by atoms with Gasteiger partial charge in [0.2, 0.25) is 0 Å². The molecule has 0 bridgehead atoms. The molecule has 3 aromatic rings. The smallest absolute Gasteiger partial charge is 0.311 e. The van der Waals surface area contributed by atoms with Crippen LogP contribution in [0.4, 0.5) is 17.1 Å². The topological polar surface area (TPSA) is 3.24 Å². The van der Waals surface area contributed by atoms with Crippen molar-refractivity contribution < 1.29 is 0 Å². The van der Waals surface area contributed by atoms with Crippen LogP contribution >= 0.6 is 119 Å². The van der Waals surface area contributed by atoms with Crippen LogP contribution in [0.5, 0.6) is 0 Å². The fraction of sp³-hybridized carbons (Fsp3) is 0.100. The molecule has 0 N–H and O–H groups in total. The van der Waals surface area contributed by atoms with E-state index in [2.05, 4.69) is 143 Å². The Morgan fingerprint density at radius 2 is 1.00 bits per heavy atom. The minimum atomic E-state index is -2.43. The normalized spacial score (nSPS) is 13.2. The van der Waals surface area contributed by atoms with E-state index in [1.807, 2.05) is 12.1 Å². The Labute approximate surface area is 244 Å². The van der Waals surface area contributed by atoms with Gasteiger partial charge in [0.05, 0.1) is 0 Å². The molecule has 0 atom stereocenters. The lowest BCUT2D eigenvalue weighted by Gasteiger charge is -2.28. The molecule has 0 unspecified atom stereocenters. The first-order valence-electron chi connectivity index (χ1n) is 8.94. The molecule has 3 aromatic carbocycles. The summed E-state index contributed by atoms with van der Waals surface area (Å²) < 4.78 is -4.38. The third-order valence-corrected chi connectivity index (χ3v) is 16.0. The van der Waals surface area contributed by atoms with E-state index in [1.54, 1.807) is 0 Å². The van der Waals surface area contributed by atoms with Gasteiger partial charge in [0.1, 0.15) is 0 Å². The van der Waals surface area contributed by atoms with Crippen molar-refractivity contribution in [1.82, 2.24) is 0 Å². The zero-order valence-electron chi connectivity index (χ0n) is 16.4. The summed E-state index contributed by atoms with van der Waals surface area (Å²) in [5.74, 6) is 0. The Morgan fingerprint density at radius 3 is 1.32 bits per heavy atom. The van der Waals surface area contributed by atoms with Gasteiger partial charge in [0, 0.05) is 22.0 Å². The minimum Gasteiger partial charge on any atom is -0.311 e. The van der Waals surface area contributed by atoms with Crippen LogP contribution in [-0.2, 0) is 0 Å². The molecule has 0 radical (unpaired) electrons. The Balaban J connectivity index is 2.08. The van der Waals surface area contributed by atoms with Gasteiger partial charge in [-0.15, -0.1) is 42.5 Å². The molecule has 1 nitrogen and oxygen atoms in total. The van der Waals surface area contributed by atoms with Crippen molar-refractivity contribution in [2.75, 3.05) is 17.4 Å². The Morgan fingerprint density at radius 1 is 0.645 bits per heavy atom. The van der Waals surface area contributed by atoms with Crippen molar-refractivity contribution >= 4 is 153 Å². The zero-order chi connectivity index (χ0) is 23.0. The lowest BCUT2D eigenvalue weighted by Crippen LogP contribution is -2.29. The van der Waals surface area contributed by atoms with Crippen molar-refractivity contribution in [3.05, 3.63) is 72.8 Å². The van der Waals surface area contributed by atoms with Crippen molar-refractivity contribution in [2.24, 2.45) is 0 Å². The second kappa shape index (κ2) is 10.7. The van der Waals surface area contributed by atoms with E-state index < -0.39 is 15.8 Å². The van der Waals surface area contributed by atoms with Crippen LogP contribution in [0, 0.1) is 0 Å². The van der Waals surface area contributed by atoms with Crippen molar-refractivity contribution in [3.8, 4) is 0 Å². The monoisotopic (exact) mass is 881 g/mol. The molecule has 0 saturated heterocycles. The molecule has 0 amide bonds. The molecule has 0 spiro atoms. The van der Waals surface area contributed by atoms with Gasteiger partial charge in [-0.1, -0.05) is 100 Å².